The van der Waals surface area contributed by atoms with Gasteiger partial charge in [-0.25, -0.2) is 0 Å². The topological polar surface area (TPSA) is 60.7 Å². The van der Waals surface area contributed by atoms with Gasteiger partial charge in [-0.3, -0.25) is 9.59 Å². The lowest BCUT2D eigenvalue weighted by molar-refractivity contribution is -0.116. The van der Waals surface area contributed by atoms with Crippen LogP contribution >= 0.6 is 39.0 Å². The van der Waals surface area contributed by atoms with Crippen LogP contribution in [-0.2, 0) is 20.9 Å². The molecular formula is C15H17BrN2O3S2. The Kier molecular flexibility index (Phi) is 7.01. The number of thiazole rings is 1. The van der Waals surface area contributed by atoms with E-state index in [0.29, 0.717) is 24.6 Å². The average Bonchev–Trinajstić information content (AvgIpc) is 2.82. The molecule has 0 radical (unpaired) electrons. The quantitative estimate of drug-likeness (QED) is 0.678. The van der Waals surface area contributed by atoms with Gasteiger partial charge in [0, 0.05) is 24.5 Å². The van der Waals surface area contributed by atoms with E-state index in [-0.39, 0.29) is 16.8 Å². The van der Waals surface area contributed by atoms with Crippen molar-refractivity contribution in [1.29, 1.82) is 0 Å². The van der Waals surface area contributed by atoms with Gasteiger partial charge in [0.25, 0.3) is 5.91 Å². The lowest BCUT2D eigenvalue weighted by atomic mass is 10.3. The number of thioether (sulfide) groups is 1. The van der Waals surface area contributed by atoms with Gasteiger partial charge in [-0.2, -0.15) is 4.99 Å². The Morgan fingerprint density at radius 1 is 1.43 bits per heavy atom. The van der Waals surface area contributed by atoms with E-state index < -0.39 is 0 Å². The predicted molar refractivity (Wildman–Crippen MR) is 97.7 cm³/mol. The SMILES string of the molecule is CCOCCn1c(=NC(=O)CSC(C)=O)sc2cc(Br)ccc21. The zero-order chi connectivity index (χ0) is 16.8. The summed E-state index contributed by atoms with van der Waals surface area (Å²) in [5.41, 5.74) is 1.02. The predicted octanol–water partition coefficient (Wildman–Crippen LogP) is 3.21. The van der Waals surface area contributed by atoms with E-state index in [0.717, 1.165) is 26.5 Å². The summed E-state index contributed by atoms with van der Waals surface area (Å²) in [6, 6.07) is 5.96. The molecule has 1 aromatic heterocycles. The molecule has 0 unspecified atom stereocenters. The van der Waals surface area contributed by atoms with Crippen molar-refractivity contribution in [2.45, 2.75) is 20.4 Å². The van der Waals surface area contributed by atoms with Crippen molar-refractivity contribution in [3.63, 3.8) is 0 Å². The van der Waals surface area contributed by atoms with Gasteiger partial charge in [-0.05, 0) is 25.1 Å². The zero-order valence-corrected chi connectivity index (χ0v) is 16.1. The second-order valence-corrected chi connectivity index (χ2v) is 7.71. The number of fused-ring (bicyclic) bond motifs is 1. The molecule has 2 aromatic rings. The van der Waals surface area contributed by atoms with Crippen LogP contribution in [0, 0.1) is 0 Å². The van der Waals surface area contributed by atoms with Crippen molar-refractivity contribution < 1.29 is 14.3 Å². The van der Waals surface area contributed by atoms with Gasteiger partial charge in [0.05, 0.1) is 22.6 Å². The van der Waals surface area contributed by atoms with E-state index in [2.05, 4.69) is 20.9 Å². The highest BCUT2D eigenvalue weighted by molar-refractivity contribution is 9.10. The van der Waals surface area contributed by atoms with Crippen LogP contribution in [0.15, 0.2) is 27.7 Å². The molecule has 1 heterocycles. The van der Waals surface area contributed by atoms with E-state index in [1.54, 1.807) is 0 Å². The van der Waals surface area contributed by atoms with Crippen molar-refractivity contribution in [3.05, 3.63) is 27.5 Å². The minimum Gasteiger partial charge on any atom is -0.380 e. The molecule has 5 nitrogen and oxygen atoms in total. The van der Waals surface area contributed by atoms with Gasteiger partial charge in [0.1, 0.15) is 0 Å². The van der Waals surface area contributed by atoms with Crippen molar-refractivity contribution in [1.82, 2.24) is 4.57 Å². The van der Waals surface area contributed by atoms with Gasteiger partial charge in [-0.1, -0.05) is 39.0 Å². The number of carbonyl (C=O) groups excluding carboxylic acids is 2. The van der Waals surface area contributed by atoms with Gasteiger partial charge in [0.2, 0.25) is 0 Å². The van der Waals surface area contributed by atoms with E-state index in [9.17, 15) is 9.59 Å². The number of rotatable bonds is 6. The number of halogens is 1. The number of amides is 1. The molecule has 0 saturated carbocycles. The minimum absolute atomic E-state index is 0.0682. The first-order valence-electron chi connectivity index (χ1n) is 7.08. The molecule has 0 spiro atoms. The first kappa shape index (κ1) is 18.4. The minimum atomic E-state index is -0.305. The maximum absolute atomic E-state index is 12.0. The Bertz CT molecular complexity index is 783. The molecule has 1 aromatic carbocycles. The molecule has 2 rings (SSSR count). The van der Waals surface area contributed by atoms with Crippen LogP contribution in [0.2, 0.25) is 0 Å². The second kappa shape index (κ2) is 8.77. The summed E-state index contributed by atoms with van der Waals surface area (Å²) < 4.78 is 9.43. The lowest BCUT2D eigenvalue weighted by Crippen LogP contribution is -2.20. The number of hydrogen-bond donors (Lipinski definition) is 0. The maximum atomic E-state index is 12.0. The number of ether oxygens (including phenoxy) is 1. The molecular weight excluding hydrogens is 400 g/mol. The van der Waals surface area contributed by atoms with Crippen LogP contribution in [0.4, 0.5) is 0 Å². The molecule has 0 aliphatic carbocycles. The molecule has 8 heteroatoms. The molecule has 23 heavy (non-hydrogen) atoms. The smallest absolute Gasteiger partial charge is 0.258 e. The highest BCUT2D eigenvalue weighted by atomic mass is 79.9. The molecule has 0 N–H and O–H groups in total. The fourth-order valence-corrected chi connectivity index (χ4v) is 3.97. The fraction of sp³-hybridized carbons (Fsp3) is 0.400. The Morgan fingerprint density at radius 2 is 2.22 bits per heavy atom. The third-order valence-electron chi connectivity index (χ3n) is 2.93. The summed E-state index contributed by atoms with van der Waals surface area (Å²) in [5, 5.41) is -0.0851. The van der Waals surface area contributed by atoms with Crippen molar-refractivity contribution in [3.8, 4) is 0 Å². The zero-order valence-electron chi connectivity index (χ0n) is 12.9. The second-order valence-electron chi connectivity index (χ2n) is 4.63. The van der Waals surface area contributed by atoms with Crippen LogP contribution in [0.5, 0.6) is 0 Å². The monoisotopic (exact) mass is 416 g/mol. The number of hydrogen-bond acceptors (Lipinski definition) is 5. The fourth-order valence-electron chi connectivity index (χ4n) is 1.95. The van der Waals surface area contributed by atoms with E-state index in [4.69, 9.17) is 4.74 Å². The third-order valence-corrected chi connectivity index (χ3v) is 5.26. The largest absolute Gasteiger partial charge is 0.380 e. The summed E-state index contributed by atoms with van der Waals surface area (Å²) in [5.74, 6) is -0.236. The van der Waals surface area contributed by atoms with Crippen molar-refractivity contribution >= 4 is 60.3 Å². The number of nitrogens with zero attached hydrogens (tertiary/aromatic N) is 2. The molecule has 0 bridgehead atoms. The van der Waals surface area contributed by atoms with E-state index in [1.165, 1.54) is 18.3 Å². The summed E-state index contributed by atoms with van der Waals surface area (Å²) in [4.78, 5) is 27.7. The summed E-state index contributed by atoms with van der Waals surface area (Å²) in [7, 11) is 0. The van der Waals surface area contributed by atoms with E-state index >= 15 is 0 Å². The summed E-state index contributed by atoms with van der Waals surface area (Å²) >= 11 is 5.89. The maximum Gasteiger partial charge on any atom is 0.258 e. The van der Waals surface area contributed by atoms with Crippen molar-refractivity contribution in [2.75, 3.05) is 19.0 Å². The Hall–Kier alpha value is -0.960. The molecule has 0 saturated heterocycles. The Morgan fingerprint density at radius 3 is 2.91 bits per heavy atom. The van der Waals surface area contributed by atoms with Crippen LogP contribution in [0.25, 0.3) is 10.2 Å². The number of benzene rings is 1. The normalized spacial score (nSPS) is 12.0. The molecule has 0 fully saturated rings. The van der Waals surface area contributed by atoms with Crippen LogP contribution < -0.4 is 4.80 Å². The molecule has 0 aliphatic heterocycles. The highest BCUT2D eigenvalue weighted by Crippen LogP contribution is 2.22. The lowest BCUT2D eigenvalue weighted by Gasteiger charge is -2.05. The summed E-state index contributed by atoms with van der Waals surface area (Å²) in [6.45, 7) is 5.22. The van der Waals surface area contributed by atoms with Crippen molar-refractivity contribution in [2.24, 2.45) is 4.99 Å². The van der Waals surface area contributed by atoms with Crippen LogP contribution in [0.1, 0.15) is 13.8 Å². The van der Waals surface area contributed by atoms with E-state index in [1.807, 2.05) is 29.7 Å². The van der Waals surface area contributed by atoms with Gasteiger partial charge in [-0.15, -0.1) is 0 Å². The van der Waals surface area contributed by atoms with Gasteiger partial charge < -0.3 is 9.30 Å². The Balaban J connectivity index is 2.37. The number of aromatic nitrogens is 1. The van der Waals surface area contributed by atoms with Gasteiger partial charge >= 0.3 is 0 Å². The highest BCUT2D eigenvalue weighted by Gasteiger charge is 2.09. The van der Waals surface area contributed by atoms with Crippen LogP contribution in [0.3, 0.4) is 0 Å². The first-order chi connectivity index (χ1) is 11.0. The molecule has 0 aliphatic rings. The third kappa shape index (κ3) is 5.27. The van der Waals surface area contributed by atoms with Crippen LogP contribution in [-0.4, -0.2) is 34.6 Å². The molecule has 1 amide bonds. The standard InChI is InChI=1S/C15H17BrN2O3S2/c1-3-21-7-6-18-12-5-4-11(16)8-13(12)23-15(18)17-14(20)9-22-10(2)19/h4-5,8H,3,6-7,9H2,1-2H3. The Labute approximate surface area is 150 Å². The molecule has 0 atom stereocenters. The summed E-state index contributed by atoms with van der Waals surface area (Å²) in [6.07, 6.45) is 0. The number of carbonyl (C=O) groups is 2. The average molecular weight is 417 g/mol. The van der Waals surface area contributed by atoms with Gasteiger partial charge in [0.15, 0.2) is 9.92 Å². The molecule has 124 valence electrons. The first-order valence-corrected chi connectivity index (χ1v) is 9.68.